The number of hydrogen-bond acceptors (Lipinski definition) is 1. The molecule has 0 spiro atoms. The van der Waals surface area contributed by atoms with Gasteiger partial charge < -0.3 is 10.3 Å². The summed E-state index contributed by atoms with van der Waals surface area (Å²) >= 11 is 0. The smallest absolute Gasteiger partial charge is 0.253 e. The van der Waals surface area contributed by atoms with E-state index in [0.29, 0.717) is 17.6 Å². The number of carbonyl (C=O) groups is 1. The van der Waals surface area contributed by atoms with Gasteiger partial charge in [-0.25, -0.2) is 4.39 Å². The number of amides is 1. The number of carbonyl (C=O) groups excluding carboxylic acids is 1. The van der Waals surface area contributed by atoms with Crippen LogP contribution in [-0.4, -0.2) is 17.4 Å². The second-order valence-corrected chi connectivity index (χ2v) is 3.25. The first-order valence-electron chi connectivity index (χ1n) is 4.77. The lowest BCUT2D eigenvalue weighted by atomic mass is 10.1. The predicted octanol–water partition coefficient (Wildman–Crippen LogP) is 2.06. The molecule has 1 aromatic carbocycles. The van der Waals surface area contributed by atoms with E-state index >= 15 is 0 Å². The zero-order chi connectivity index (χ0) is 10.8. The molecule has 0 saturated carbocycles. The molecule has 0 atom stereocenters. The van der Waals surface area contributed by atoms with Crippen LogP contribution in [0.4, 0.5) is 4.39 Å². The highest BCUT2D eigenvalue weighted by molar-refractivity contribution is 6.06. The molecule has 15 heavy (non-hydrogen) atoms. The summed E-state index contributed by atoms with van der Waals surface area (Å²) in [5.74, 6) is -0.456. The van der Waals surface area contributed by atoms with Crippen molar-refractivity contribution in [1.82, 2.24) is 10.3 Å². The number of nitrogens with one attached hydrogen (secondary N) is 2. The molecule has 1 amide bonds. The molecule has 0 unspecified atom stereocenters. The van der Waals surface area contributed by atoms with E-state index in [-0.39, 0.29) is 11.7 Å². The highest BCUT2D eigenvalue weighted by Crippen LogP contribution is 2.18. The van der Waals surface area contributed by atoms with Crippen LogP contribution in [0.3, 0.4) is 0 Å². The molecule has 2 rings (SSSR count). The van der Waals surface area contributed by atoms with Gasteiger partial charge in [-0.15, -0.1) is 0 Å². The first kappa shape index (κ1) is 9.71. The molecule has 1 heterocycles. The Bertz CT molecular complexity index is 504. The van der Waals surface area contributed by atoms with Gasteiger partial charge in [0, 0.05) is 23.6 Å². The topological polar surface area (TPSA) is 44.9 Å². The minimum Gasteiger partial charge on any atom is -0.360 e. The average Bonchev–Trinajstić information content (AvgIpc) is 2.60. The lowest BCUT2D eigenvalue weighted by Gasteiger charge is -1.99. The Hall–Kier alpha value is -1.84. The average molecular weight is 206 g/mol. The van der Waals surface area contributed by atoms with Crippen molar-refractivity contribution in [3.8, 4) is 0 Å². The van der Waals surface area contributed by atoms with Crippen molar-refractivity contribution >= 4 is 16.8 Å². The number of rotatable bonds is 2. The van der Waals surface area contributed by atoms with Gasteiger partial charge in [0.05, 0.1) is 5.56 Å². The summed E-state index contributed by atoms with van der Waals surface area (Å²) in [6.07, 6.45) is 1.59. The van der Waals surface area contributed by atoms with Gasteiger partial charge in [-0.2, -0.15) is 0 Å². The second-order valence-electron chi connectivity index (χ2n) is 3.25. The van der Waals surface area contributed by atoms with Crippen LogP contribution in [0.5, 0.6) is 0 Å². The van der Waals surface area contributed by atoms with Crippen molar-refractivity contribution in [2.24, 2.45) is 0 Å². The molecule has 0 fully saturated rings. The highest BCUT2D eigenvalue weighted by Gasteiger charge is 2.10. The first-order valence-corrected chi connectivity index (χ1v) is 4.77. The van der Waals surface area contributed by atoms with Crippen LogP contribution in [0.2, 0.25) is 0 Å². The number of fused-ring (bicyclic) bond motifs is 1. The second kappa shape index (κ2) is 3.73. The fourth-order valence-electron chi connectivity index (χ4n) is 1.54. The predicted molar refractivity (Wildman–Crippen MR) is 56.3 cm³/mol. The molecule has 0 aliphatic heterocycles. The summed E-state index contributed by atoms with van der Waals surface area (Å²) in [7, 11) is 0. The zero-order valence-electron chi connectivity index (χ0n) is 8.30. The van der Waals surface area contributed by atoms with Gasteiger partial charge in [-0.3, -0.25) is 4.79 Å². The van der Waals surface area contributed by atoms with Crippen LogP contribution in [0.15, 0.2) is 24.4 Å². The monoisotopic (exact) mass is 206 g/mol. The third-order valence-corrected chi connectivity index (χ3v) is 2.23. The summed E-state index contributed by atoms with van der Waals surface area (Å²) < 4.78 is 12.9. The van der Waals surface area contributed by atoms with E-state index in [4.69, 9.17) is 0 Å². The van der Waals surface area contributed by atoms with Gasteiger partial charge in [0.25, 0.3) is 5.91 Å². The molecule has 0 radical (unpaired) electrons. The van der Waals surface area contributed by atoms with Crippen LogP contribution >= 0.6 is 0 Å². The molecule has 2 aromatic rings. The van der Waals surface area contributed by atoms with Crippen LogP contribution in [0, 0.1) is 5.82 Å². The molecular formula is C11H11FN2O. The first-order chi connectivity index (χ1) is 7.22. The standard InChI is InChI=1S/C11H11FN2O/c1-2-13-11(15)9-6-14-10-5-7(12)3-4-8(9)10/h3-6,14H,2H2,1H3,(H,13,15). The highest BCUT2D eigenvalue weighted by atomic mass is 19.1. The molecule has 0 saturated heterocycles. The van der Waals surface area contributed by atoms with Crippen LogP contribution in [0.25, 0.3) is 10.9 Å². The summed E-state index contributed by atoms with van der Waals surface area (Å²) in [5, 5.41) is 3.44. The van der Waals surface area contributed by atoms with Gasteiger partial charge >= 0.3 is 0 Å². The molecule has 2 N–H and O–H groups in total. The quantitative estimate of drug-likeness (QED) is 0.776. The molecule has 3 nitrogen and oxygen atoms in total. The fraction of sp³-hybridized carbons (Fsp3) is 0.182. The molecule has 0 aliphatic carbocycles. The Labute approximate surface area is 86.3 Å². The van der Waals surface area contributed by atoms with E-state index in [1.54, 1.807) is 12.3 Å². The SMILES string of the molecule is CCNC(=O)c1c[nH]c2cc(F)ccc12. The normalized spacial score (nSPS) is 10.5. The summed E-state index contributed by atoms with van der Waals surface area (Å²) in [5.41, 5.74) is 1.18. The lowest BCUT2D eigenvalue weighted by molar-refractivity contribution is 0.0957. The Balaban J connectivity index is 2.49. The van der Waals surface area contributed by atoms with E-state index < -0.39 is 0 Å². The van der Waals surface area contributed by atoms with E-state index in [9.17, 15) is 9.18 Å². The Morgan fingerprint density at radius 2 is 2.33 bits per heavy atom. The number of aromatic nitrogens is 1. The van der Waals surface area contributed by atoms with Gasteiger partial charge in [-0.05, 0) is 25.1 Å². The summed E-state index contributed by atoms with van der Waals surface area (Å²) in [6, 6.07) is 4.32. The van der Waals surface area contributed by atoms with Crippen molar-refractivity contribution in [1.29, 1.82) is 0 Å². The van der Waals surface area contributed by atoms with E-state index in [2.05, 4.69) is 10.3 Å². The van der Waals surface area contributed by atoms with Crippen molar-refractivity contribution in [2.75, 3.05) is 6.54 Å². The van der Waals surface area contributed by atoms with Gasteiger partial charge in [0.15, 0.2) is 0 Å². The number of benzene rings is 1. The minimum absolute atomic E-state index is 0.143. The number of H-pyrrole nitrogens is 1. The van der Waals surface area contributed by atoms with E-state index in [1.807, 2.05) is 6.92 Å². The third kappa shape index (κ3) is 1.70. The minimum atomic E-state index is -0.313. The summed E-state index contributed by atoms with van der Waals surface area (Å²) in [4.78, 5) is 14.4. The number of halogens is 1. The lowest BCUT2D eigenvalue weighted by Crippen LogP contribution is -2.22. The molecular weight excluding hydrogens is 195 g/mol. The molecule has 0 bridgehead atoms. The molecule has 1 aromatic heterocycles. The van der Waals surface area contributed by atoms with E-state index in [0.717, 1.165) is 5.39 Å². The maximum absolute atomic E-state index is 12.9. The van der Waals surface area contributed by atoms with Crippen LogP contribution < -0.4 is 5.32 Å². The maximum atomic E-state index is 12.9. The van der Waals surface area contributed by atoms with Crippen molar-refractivity contribution in [3.63, 3.8) is 0 Å². The largest absolute Gasteiger partial charge is 0.360 e. The van der Waals surface area contributed by atoms with Gasteiger partial charge in [0.1, 0.15) is 5.82 Å². The van der Waals surface area contributed by atoms with Gasteiger partial charge in [-0.1, -0.05) is 0 Å². The summed E-state index contributed by atoms with van der Waals surface area (Å²) in [6.45, 7) is 2.43. The third-order valence-electron chi connectivity index (χ3n) is 2.23. The number of aromatic amines is 1. The van der Waals surface area contributed by atoms with Gasteiger partial charge in [0.2, 0.25) is 0 Å². The number of hydrogen-bond donors (Lipinski definition) is 2. The zero-order valence-corrected chi connectivity index (χ0v) is 8.30. The van der Waals surface area contributed by atoms with Crippen molar-refractivity contribution in [3.05, 3.63) is 35.8 Å². The molecule has 78 valence electrons. The Kier molecular flexibility index (Phi) is 2.41. The Morgan fingerprint density at radius 3 is 3.07 bits per heavy atom. The van der Waals surface area contributed by atoms with Crippen molar-refractivity contribution < 1.29 is 9.18 Å². The van der Waals surface area contributed by atoms with Crippen molar-refractivity contribution in [2.45, 2.75) is 6.92 Å². The van der Waals surface area contributed by atoms with Crippen LogP contribution in [-0.2, 0) is 0 Å². The fourth-order valence-corrected chi connectivity index (χ4v) is 1.54. The maximum Gasteiger partial charge on any atom is 0.253 e. The van der Waals surface area contributed by atoms with E-state index in [1.165, 1.54) is 12.1 Å². The Morgan fingerprint density at radius 1 is 1.53 bits per heavy atom. The molecule has 0 aliphatic rings. The van der Waals surface area contributed by atoms with Crippen LogP contribution in [0.1, 0.15) is 17.3 Å². The molecule has 4 heteroatoms.